The third-order valence-electron chi connectivity index (χ3n) is 6.49. The highest BCUT2D eigenvalue weighted by Crippen LogP contribution is 2.33. The Morgan fingerprint density at radius 3 is 2.53 bits per heavy atom. The number of amides is 2. The maximum Gasteiger partial charge on any atom is 0.249 e. The third kappa shape index (κ3) is 5.07. The molecule has 1 aromatic carbocycles. The average Bonchev–Trinajstić information content (AvgIpc) is 3.52. The summed E-state index contributed by atoms with van der Waals surface area (Å²) in [6.45, 7) is 10.2. The van der Waals surface area contributed by atoms with Crippen molar-refractivity contribution >= 4 is 17.5 Å². The van der Waals surface area contributed by atoms with Gasteiger partial charge in [-0.15, -0.1) is 0 Å². The number of piperazine rings is 1. The van der Waals surface area contributed by atoms with Crippen molar-refractivity contribution in [2.24, 2.45) is 0 Å². The summed E-state index contributed by atoms with van der Waals surface area (Å²) in [6.07, 6.45) is 3.10. The molecular formula is C24H35FN4O3. The number of imide groups is 1. The number of para-hydroxylation sites is 1. The summed E-state index contributed by atoms with van der Waals surface area (Å²) < 4.78 is 20.1. The van der Waals surface area contributed by atoms with Gasteiger partial charge in [-0.1, -0.05) is 6.07 Å². The molecule has 2 saturated heterocycles. The minimum absolute atomic E-state index is 0.0701. The molecule has 1 atom stereocenters. The van der Waals surface area contributed by atoms with E-state index in [1.807, 2.05) is 26.8 Å². The zero-order valence-corrected chi connectivity index (χ0v) is 19.4. The van der Waals surface area contributed by atoms with Crippen molar-refractivity contribution in [2.75, 3.05) is 44.2 Å². The van der Waals surface area contributed by atoms with Crippen LogP contribution in [0.3, 0.4) is 0 Å². The molecule has 0 aromatic heterocycles. The Hall–Kier alpha value is -2.19. The van der Waals surface area contributed by atoms with Crippen molar-refractivity contribution < 1.29 is 18.7 Å². The molecule has 1 aromatic rings. The summed E-state index contributed by atoms with van der Waals surface area (Å²) in [4.78, 5) is 31.2. The molecule has 176 valence electrons. The molecule has 3 fully saturated rings. The molecule has 0 bridgehead atoms. The summed E-state index contributed by atoms with van der Waals surface area (Å²) in [7, 11) is 0. The molecule has 2 heterocycles. The molecular weight excluding hydrogens is 411 g/mol. The normalized spacial score (nSPS) is 24.7. The highest BCUT2D eigenvalue weighted by Gasteiger charge is 2.49. The zero-order chi connectivity index (χ0) is 22.9. The molecule has 8 heteroatoms. The number of nitrogens with zero attached hydrogens (tertiary/aromatic N) is 3. The van der Waals surface area contributed by atoms with Gasteiger partial charge in [0.1, 0.15) is 5.54 Å². The highest BCUT2D eigenvalue weighted by molar-refractivity contribution is 6.08. The van der Waals surface area contributed by atoms with E-state index in [-0.39, 0.29) is 30.2 Å². The molecule has 3 aliphatic rings. The average molecular weight is 447 g/mol. The Morgan fingerprint density at radius 1 is 1.16 bits per heavy atom. The van der Waals surface area contributed by atoms with Crippen LogP contribution in [0, 0.1) is 5.82 Å². The van der Waals surface area contributed by atoms with Crippen molar-refractivity contribution in [1.29, 1.82) is 0 Å². The summed E-state index contributed by atoms with van der Waals surface area (Å²) in [5.41, 5.74) is 0.0685. The number of halogens is 1. The summed E-state index contributed by atoms with van der Waals surface area (Å²) in [6, 6.07) is 5.45. The standard InChI is InChI=1S/C24H35FN4O3/c1-17(2)32-22-19(25)6-4-7-20(22)28-14-12-27(13-15-28)10-5-11-29-21(30)16-24(3,23(29)31)26-18-8-9-18/h4,6-7,17-18,26H,5,8-16H2,1-3H3. The smallest absolute Gasteiger partial charge is 0.249 e. The number of benzene rings is 1. The molecule has 7 nitrogen and oxygen atoms in total. The second-order valence-electron chi connectivity index (χ2n) is 9.71. The second kappa shape index (κ2) is 9.35. The zero-order valence-electron chi connectivity index (χ0n) is 19.4. The first kappa shape index (κ1) is 23.0. The van der Waals surface area contributed by atoms with Gasteiger partial charge in [-0.3, -0.25) is 19.4 Å². The van der Waals surface area contributed by atoms with Gasteiger partial charge in [0.15, 0.2) is 11.6 Å². The van der Waals surface area contributed by atoms with E-state index in [1.54, 1.807) is 6.07 Å². The van der Waals surface area contributed by atoms with Crippen LogP contribution in [0.5, 0.6) is 5.75 Å². The lowest BCUT2D eigenvalue weighted by atomic mass is 10.0. The van der Waals surface area contributed by atoms with E-state index in [4.69, 9.17) is 4.74 Å². The summed E-state index contributed by atoms with van der Waals surface area (Å²) >= 11 is 0. The van der Waals surface area contributed by atoms with Gasteiger partial charge in [0, 0.05) is 38.8 Å². The number of ether oxygens (including phenoxy) is 1. The fourth-order valence-electron chi connectivity index (χ4n) is 4.67. The number of carbonyl (C=O) groups is 2. The Balaban J connectivity index is 1.25. The van der Waals surface area contributed by atoms with Crippen molar-refractivity contribution in [3.05, 3.63) is 24.0 Å². The second-order valence-corrected chi connectivity index (χ2v) is 9.71. The van der Waals surface area contributed by atoms with Crippen molar-refractivity contribution in [2.45, 2.75) is 64.1 Å². The predicted molar refractivity (Wildman–Crippen MR) is 121 cm³/mol. The first-order chi connectivity index (χ1) is 15.3. The Labute approximate surface area is 189 Å². The van der Waals surface area contributed by atoms with Gasteiger partial charge in [-0.05, 0) is 58.7 Å². The van der Waals surface area contributed by atoms with Gasteiger partial charge >= 0.3 is 0 Å². The number of nitrogens with one attached hydrogen (secondary N) is 1. The fourth-order valence-corrected chi connectivity index (χ4v) is 4.67. The highest BCUT2D eigenvalue weighted by atomic mass is 19.1. The van der Waals surface area contributed by atoms with E-state index >= 15 is 0 Å². The lowest BCUT2D eigenvalue weighted by Crippen LogP contribution is -2.50. The van der Waals surface area contributed by atoms with E-state index < -0.39 is 5.54 Å². The maximum absolute atomic E-state index is 14.3. The van der Waals surface area contributed by atoms with Crippen LogP contribution in [0.1, 0.15) is 46.5 Å². The molecule has 1 N–H and O–H groups in total. The van der Waals surface area contributed by atoms with E-state index in [0.29, 0.717) is 18.3 Å². The van der Waals surface area contributed by atoms with Crippen molar-refractivity contribution in [1.82, 2.24) is 15.1 Å². The number of rotatable bonds is 9. The van der Waals surface area contributed by atoms with E-state index in [0.717, 1.165) is 57.7 Å². The number of hydrogen-bond acceptors (Lipinski definition) is 6. The van der Waals surface area contributed by atoms with Crippen LogP contribution in [0.4, 0.5) is 10.1 Å². The van der Waals surface area contributed by atoms with Crippen molar-refractivity contribution in [3.8, 4) is 5.75 Å². The molecule has 1 saturated carbocycles. The third-order valence-corrected chi connectivity index (χ3v) is 6.49. The van der Waals surface area contributed by atoms with E-state index in [1.165, 1.54) is 11.0 Å². The molecule has 0 radical (unpaired) electrons. The SMILES string of the molecule is CC(C)Oc1c(F)cccc1N1CCN(CCCN2C(=O)CC(C)(NC3CC3)C2=O)CC1. The van der Waals surface area contributed by atoms with Gasteiger partial charge in [0.25, 0.3) is 0 Å². The Morgan fingerprint density at radius 2 is 1.88 bits per heavy atom. The molecule has 2 amide bonds. The van der Waals surface area contributed by atoms with E-state index in [2.05, 4.69) is 15.1 Å². The maximum atomic E-state index is 14.3. The number of carbonyl (C=O) groups excluding carboxylic acids is 2. The minimum atomic E-state index is -0.732. The predicted octanol–water partition coefficient (Wildman–Crippen LogP) is 2.39. The molecule has 2 aliphatic heterocycles. The summed E-state index contributed by atoms with van der Waals surface area (Å²) in [5.74, 6) is -0.158. The van der Waals surface area contributed by atoms with Crippen LogP contribution in [-0.4, -0.2) is 78.6 Å². The van der Waals surface area contributed by atoms with Crippen LogP contribution in [-0.2, 0) is 9.59 Å². The monoisotopic (exact) mass is 446 g/mol. The quantitative estimate of drug-likeness (QED) is 0.588. The molecule has 1 unspecified atom stereocenters. The van der Waals surface area contributed by atoms with Gasteiger partial charge < -0.3 is 15.0 Å². The van der Waals surface area contributed by atoms with Gasteiger partial charge in [0.05, 0.1) is 18.2 Å². The number of likely N-dealkylation sites (tertiary alicyclic amines) is 1. The van der Waals surface area contributed by atoms with Gasteiger partial charge in [-0.25, -0.2) is 4.39 Å². The van der Waals surface area contributed by atoms with Gasteiger partial charge in [-0.2, -0.15) is 0 Å². The molecule has 4 rings (SSSR count). The van der Waals surface area contributed by atoms with Crippen LogP contribution in [0.25, 0.3) is 0 Å². The Bertz CT molecular complexity index is 852. The van der Waals surface area contributed by atoms with Crippen LogP contribution in [0.15, 0.2) is 18.2 Å². The number of hydrogen-bond donors (Lipinski definition) is 1. The van der Waals surface area contributed by atoms with Crippen LogP contribution in [0.2, 0.25) is 0 Å². The lowest BCUT2D eigenvalue weighted by Gasteiger charge is -2.37. The van der Waals surface area contributed by atoms with Gasteiger partial charge in [0.2, 0.25) is 11.8 Å². The molecule has 1 aliphatic carbocycles. The lowest BCUT2D eigenvalue weighted by molar-refractivity contribution is -0.140. The topological polar surface area (TPSA) is 65.1 Å². The largest absolute Gasteiger partial charge is 0.486 e. The van der Waals surface area contributed by atoms with Crippen LogP contribution >= 0.6 is 0 Å². The number of anilines is 1. The van der Waals surface area contributed by atoms with E-state index in [9.17, 15) is 14.0 Å². The Kier molecular flexibility index (Phi) is 6.72. The molecule has 0 spiro atoms. The first-order valence-corrected chi connectivity index (χ1v) is 11.8. The fraction of sp³-hybridized carbons (Fsp3) is 0.667. The summed E-state index contributed by atoms with van der Waals surface area (Å²) in [5, 5.41) is 3.35. The molecule has 32 heavy (non-hydrogen) atoms. The first-order valence-electron chi connectivity index (χ1n) is 11.8. The van der Waals surface area contributed by atoms with Crippen molar-refractivity contribution in [3.63, 3.8) is 0 Å². The van der Waals surface area contributed by atoms with Crippen LogP contribution < -0.4 is 15.0 Å². The minimum Gasteiger partial charge on any atom is -0.486 e.